The second-order valence-corrected chi connectivity index (χ2v) is 6.25. The molecule has 6 heteroatoms. The standard InChI is InChI=1S/C21H20FN3O2/c1-3-15-4-10-18(11-5-15)24-19(26)13-25-20(27)12-14(2)23-21(25)16-6-8-17(22)9-7-16/h4-12H,3,13H2,1-2H3,(H,24,26). The van der Waals surface area contributed by atoms with Crippen molar-refractivity contribution in [3.63, 3.8) is 0 Å². The van der Waals surface area contributed by atoms with Gasteiger partial charge in [-0.25, -0.2) is 9.37 Å². The molecule has 0 unspecified atom stereocenters. The Kier molecular flexibility index (Phi) is 5.45. The number of aromatic nitrogens is 2. The van der Waals surface area contributed by atoms with Crippen molar-refractivity contribution in [2.24, 2.45) is 0 Å². The van der Waals surface area contributed by atoms with Crippen LogP contribution in [0.25, 0.3) is 11.4 Å². The molecule has 0 radical (unpaired) electrons. The van der Waals surface area contributed by atoms with Gasteiger partial charge in [0, 0.05) is 23.0 Å². The molecule has 0 bridgehead atoms. The molecule has 1 aromatic heterocycles. The van der Waals surface area contributed by atoms with Crippen molar-refractivity contribution in [1.82, 2.24) is 9.55 Å². The van der Waals surface area contributed by atoms with Gasteiger partial charge in [-0.2, -0.15) is 0 Å². The molecule has 0 saturated carbocycles. The summed E-state index contributed by atoms with van der Waals surface area (Å²) in [5, 5.41) is 2.78. The number of nitrogens with one attached hydrogen (secondary N) is 1. The summed E-state index contributed by atoms with van der Waals surface area (Å²) in [6.45, 7) is 3.57. The summed E-state index contributed by atoms with van der Waals surface area (Å²) < 4.78 is 14.5. The average Bonchev–Trinajstić information content (AvgIpc) is 2.65. The van der Waals surface area contributed by atoms with E-state index in [0.717, 1.165) is 6.42 Å². The van der Waals surface area contributed by atoms with Crippen molar-refractivity contribution >= 4 is 11.6 Å². The summed E-state index contributed by atoms with van der Waals surface area (Å²) in [6.07, 6.45) is 0.916. The molecule has 0 aliphatic heterocycles. The van der Waals surface area contributed by atoms with Crippen molar-refractivity contribution < 1.29 is 9.18 Å². The summed E-state index contributed by atoms with van der Waals surface area (Å²) in [6, 6.07) is 14.6. The van der Waals surface area contributed by atoms with E-state index in [2.05, 4.69) is 17.2 Å². The molecule has 138 valence electrons. The van der Waals surface area contributed by atoms with Crippen LogP contribution in [0, 0.1) is 12.7 Å². The Morgan fingerprint density at radius 3 is 2.41 bits per heavy atom. The number of nitrogens with zero attached hydrogens (tertiary/aromatic N) is 2. The van der Waals surface area contributed by atoms with Gasteiger partial charge in [0.25, 0.3) is 5.56 Å². The van der Waals surface area contributed by atoms with Crippen molar-refractivity contribution in [1.29, 1.82) is 0 Å². The molecule has 1 amide bonds. The van der Waals surface area contributed by atoms with Crippen LogP contribution in [0.5, 0.6) is 0 Å². The molecule has 27 heavy (non-hydrogen) atoms. The Balaban J connectivity index is 1.88. The minimum Gasteiger partial charge on any atom is -0.325 e. The van der Waals surface area contributed by atoms with E-state index in [0.29, 0.717) is 22.8 Å². The van der Waals surface area contributed by atoms with E-state index in [4.69, 9.17) is 0 Å². The van der Waals surface area contributed by atoms with Gasteiger partial charge in [0.05, 0.1) is 0 Å². The third-order valence-electron chi connectivity index (χ3n) is 4.19. The Bertz CT molecular complexity index is 1010. The maximum Gasteiger partial charge on any atom is 0.254 e. The Morgan fingerprint density at radius 1 is 1.11 bits per heavy atom. The molecule has 3 rings (SSSR count). The molecule has 1 N–H and O–H groups in total. The summed E-state index contributed by atoms with van der Waals surface area (Å²) in [5.74, 6) is -0.389. The van der Waals surface area contributed by atoms with Gasteiger partial charge < -0.3 is 5.32 Å². The van der Waals surface area contributed by atoms with Crippen LogP contribution in [-0.2, 0) is 17.8 Å². The van der Waals surface area contributed by atoms with Crippen LogP contribution in [0.15, 0.2) is 59.4 Å². The van der Waals surface area contributed by atoms with Crippen LogP contribution in [0.2, 0.25) is 0 Å². The van der Waals surface area contributed by atoms with Gasteiger partial charge in [-0.3, -0.25) is 14.2 Å². The highest BCUT2D eigenvalue weighted by atomic mass is 19.1. The molecular weight excluding hydrogens is 345 g/mol. The van der Waals surface area contributed by atoms with Crippen LogP contribution in [0.3, 0.4) is 0 Å². The number of benzene rings is 2. The number of hydrogen-bond acceptors (Lipinski definition) is 3. The van der Waals surface area contributed by atoms with Gasteiger partial charge in [0.2, 0.25) is 5.91 Å². The number of carbonyl (C=O) groups excluding carboxylic acids is 1. The number of hydrogen-bond donors (Lipinski definition) is 1. The number of amides is 1. The molecule has 0 spiro atoms. The third kappa shape index (κ3) is 4.47. The lowest BCUT2D eigenvalue weighted by Gasteiger charge is -2.13. The van der Waals surface area contributed by atoms with Gasteiger partial charge in [-0.1, -0.05) is 19.1 Å². The number of anilines is 1. The van der Waals surface area contributed by atoms with Gasteiger partial charge in [0.1, 0.15) is 18.2 Å². The van der Waals surface area contributed by atoms with E-state index in [1.165, 1.54) is 40.5 Å². The van der Waals surface area contributed by atoms with E-state index >= 15 is 0 Å². The summed E-state index contributed by atoms with van der Waals surface area (Å²) in [5.41, 5.74) is 2.60. The van der Waals surface area contributed by atoms with Crippen LogP contribution < -0.4 is 10.9 Å². The maximum atomic E-state index is 13.2. The first-order chi connectivity index (χ1) is 13.0. The van der Waals surface area contributed by atoms with Gasteiger partial charge in [0.15, 0.2) is 0 Å². The highest BCUT2D eigenvalue weighted by molar-refractivity contribution is 5.90. The summed E-state index contributed by atoms with van der Waals surface area (Å²) in [7, 11) is 0. The predicted octanol–water partition coefficient (Wildman–Crippen LogP) is 3.56. The Labute approximate surface area is 156 Å². The molecule has 5 nitrogen and oxygen atoms in total. The number of halogens is 1. The highest BCUT2D eigenvalue weighted by Gasteiger charge is 2.13. The fraction of sp³-hybridized carbons (Fsp3) is 0.190. The summed E-state index contributed by atoms with van der Waals surface area (Å²) >= 11 is 0. The maximum absolute atomic E-state index is 13.2. The Hall–Kier alpha value is -3.28. The van der Waals surface area contributed by atoms with Gasteiger partial charge in [-0.05, 0) is 55.3 Å². The van der Waals surface area contributed by atoms with Crippen molar-refractivity contribution in [2.75, 3.05) is 5.32 Å². The molecule has 0 aliphatic rings. The quantitative estimate of drug-likeness (QED) is 0.752. The lowest BCUT2D eigenvalue weighted by atomic mass is 10.1. The lowest BCUT2D eigenvalue weighted by molar-refractivity contribution is -0.116. The fourth-order valence-corrected chi connectivity index (χ4v) is 2.76. The first kappa shape index (κ1) is 18.5. The first-order valence-electron chi connectivity index (χ1n) is 8.69. The molecule has 1 heterocycles. The monoisotopic (exact) mass is 365 g/mol. The average molecular weight is 365 g/mol. The van der Waals surface area contributed by atoms with Gasteiger partial charge in [-0.15, -0.1) is 0 Å². The zero-order valence-corrected chi connectivity index (χ0v) is 15.2. The second kappa shape index (κ2) is 7.95. The largest absolute Gasteiger partial charge is 0.325 e. The van der Waals surface area contributed by atoms with Crippen LogP contribution >= 0.6 is 0 Å². The first-order valence-corrected chi connectivity index (χ1v) is 8.69. The minimum absolute atomic E-state index is 0.186. The van der Waals surface area contributed by atoms with Crippen LogP contribution in [0.1, 0.15) is 18.2 Å². The van der Waals surface area contributed by atoms with Gasteiger partial charge >= 0.3 is 0 Å². The van der Waals surface area contributed by atoms with Crippen molar-refractivity contribution in [3.8, 4) is 11.4 Å². The number of rotatable bonds is 5. The number of aryl methyl sites for hydroxylation is 2. The molecule has 0 atom stereocenters. The van der Waals surface area contributed by atoms with E-state index in [1.54, 1.807) is 6.92 Å². The van der Waals surface area contributed by atoms with E-state index in [9.17, 15) is 14.0 Å². The molecule has 0 aliphatic carbocycles. The number of carbonyl (C=O) groups is 1. The zero-order valence-electron chi connectivity index (χ0n) is 15.2. The van der Waals surface area contributed by atoms with E-state index in [-0.39, 0.29) is 23.8 Å². The predicted molar refractivity (Wildman–Crippen MR) is 103 cm³/mol. The Morgan fingerprint density at radius 2 is 1.78 bits per heavy atom. The zero-order chi connectivity index (χ0) is 19.4. The summed E-state index contributed by atoms with van der Waals surface area (Å²) in [4.78, 5) is 29.3. The molecule has 0 saturated heterocycles. The smallest absolute Gasteiger partial charge is 0.254 e. The SMILES string of the molecule is CCc1ccc(NC(=O)Cn2c(-c3ccc(F)cc3)nc(C)cc2=O)cc1. The molecular formula is C21H20FN3O2. The lowest BCUT2D eigenvalue weighted by Crippen LogP contribution is -2.29. The normalized spacial score (nSPS) is 10.6. The second-order valence-electron chi connectivity index (χ2n) is 6.25. The van der Waals surface area contributed by atoms with E-state index in [1.807, 2.05) is 24.3 Å². The molecule has 0 fully saturated rings. The van der Waals surface area contributed by atoms with E-state index < -0.39 is 0 Å². The fourth-order valence-electron chi connectivity index (χ4n) is 2.76. The molecule has 3 aromatic rings. The third-order valence-corrected chi connectivity index (χ3v) is 4.19. The minimum atomic E-state index is -0.381. The highest BCUT2D eigenvalue weighted by Crippen LogP contribution is 2.17. The van der Waals surface area contributed by atoms with Crippen LogP contribution in [0.4, 0.5) is 10.1 Å². The van der Waals surface area contributed by atoms with Crippen molar-refractivity contribution in [3.05, 3.63) is 82.0 Å². The van der Waals surface area contributed by atoms with Crippen molar-refractivity contribution in [2.45, 2.75) is 26.8 Å². The molecule has 2 aromatic carbocycles. The van der Waals surface area contributed by atoms with Crippen LogP contribution in [-0.4, -0.2) is 15.5 Å². The topological polar surface area (TPSA) is 64.0 Å².